The van der Waals surface area contributed by atoms with E-state index in [4.69, 9.17) is 0 Å². The number of benzene rings is 1. The molecule has 2 atom stereocenters. The van der Waals surface area contributed by atoms with E-state index in [-0.39, 0.29) is 0 Å². The van der Waals surface area contributed by atoms with E-state index in [0.29, 0.717) is 5.37 Å². The molecule has 1 aliphatic heterocycles. The maximum absolute atomic E-state index is 2.55. The third-order valence-electron chi connectivity index (χ3n) is 2.68. The Morgan fingerprint density at radius 1 is 1.36 bits per heavy atom. The summed E-state index contributed by atoms with van der Waals surface area (Å²) in [7, 11) is 0. The van der Waals surface area contributed by atoms with Crippen molar-refractivity contribution in [2.24, 2.45) is 0 Å². The minimum Gasteiger partial charge on any atom is -0.287 e. The molecule has 1 aromatic rings. The van der Waals surface area contributed by atoms with Gasteiger partial charge in [0.2, 0.25) is 0 Å². The molecule has 2 heteroatoms. The van der Waals surface area contributed by atoms with Crippen LogP contribution < -0.4 is 0 Å². The van der Waals surface area contributed by atoms with Crippen molar-refractivity contribution in [2.75, 3.05) is 13.1 Å². The summed E-state index contributed by atoms with van der Waals surface area (Å²) in [5.41, 5.74) is 1.45. The van der Waals surface area contributed by atoms with Crippen LogP contribution in [0.3, 0.4) is 0 Å². The van der Waals surface area contributed by atoms with E-state index in [1.807, 2.05) is 0 Å². The highest BCUT2D eigenvalue weighted by Crippen LogP contribution is 2.41. The molecule has 0 radical (unpaired) electrons. The number of hydrogen-bond donors (Lipinski definition) is 0. The van der Waals surface area contributed by atoms with Gasteiger partial charge in [-0.3, -0.25) is 4.90 Å². The molecule has 0 saturated carbocycles. The van der Waals surface area contributed by atoms with Gasteiger partial charge in [0.05, 0.1) is 5.37 Å². The lowest BCUT2D eigenvalue weighted by atomic mass is 10.2. The predicted molar refractivity (Wildman–Crippen MR) is 63.5 cm³/mol. The van der Waals surface area contributed by atoms with Crippen molar-refractivity contribution < 1.29 is 0 Å². The van der Waals surface area contributed by atoms with Gasteiger partial charge in [-0.1, -0.05) is 44.2 Å². The Kier molecular flexibility index (Phi) is 3.14. The number of hydrogen-bond acceptors (Lipinski definition) is 2. The van der Waals surface area contributed by atoms with Gasteiger partial charge in [-0.2, -0.15) is 0 Å². The Balaban J connectivity index is 2.18. The molecule has 1 heterocycles. The van der Waals surface area contributed by atoms with Gasteiger partial charge in [0.25, 0.3) is 0 Å². The Labute approximate surface area is 90.5 Å². The van der Waals surface area contributed by atoms with Crippen LogP contribution in [0.2, 0.25) is 0 Å². The number of rotatable bonds is 2. The summed E-state index contributed by atoms with van der Waals surface area (Å²) in [4.78, 5) is 2.55. The average Bonchev–Trinajstić information content (AvgIpc) is 2.61. The molecule has 0 amide bonds. The van der Waals surface area contributed by atoms with Crippen molar-refractivity contribution in [1.82, 2.24) is 4.90 Å². The van der Waals surface area contributed by atoms with Crippen molar-refractivity contribution in [3.63, 3.8) is 0 Å². The van der Waals surface area contributed by atoms with E-state index in [2.05, 4.69) is 60.8 Å². The smallest absolute Gasteiger partial charge is 0.0817 e. The van der Waals surface area contributed by atoms with Crippen LogP contribution >= 0.6 is 11.8 Å². The van der Waals surface area contributed by atoms with Crippen LogP contribution in [-0.4, -0.2) is 23.2 Å². The zero-order valence-electron chi connectivity index (χ0n) is 8.81. The third-order valence-corrected chi connectivity index (χ3v) is 4.12. The number of thioether (sulfide) groups is 1. The fraction of sp³-hybridized carbons (Fsp3) is 0.500. The first kappa shape index (κ1) is 10.1. The molecule has 2 rings (SSSR count). The summed E-state index contributed by atoms with van der Waals surface area (Å²) in [6.07, 6.45) is 0. The first-order chi connectivity index (χ1) is 6.81. The number of nitrogens with zero attached hydrogens (tertiary/aromatic N) is 1. The van der Waals surface area contributed by atoms with Gasteiger partial charge in [-0.25, -0.2) is 0 Å². The molecular formula is C12H17NS. The van der Waals surface area contributed by atoms with Crippen LogP contribution in [0.15, 0.2) is 30.3 Å². The molecule has 2 unspecified atom stereocenters. The third kappa shape index (κ3) is 1.96. The Morgan fingerprint density at radius 3 is 2.71 bits per heavy atom. The standard InChI is InChI=1S/C12H17NS/c1-3-13-9-10(2)14-12(13)11-7-5-4-6-8-11/h4-8,10,12H,3,9H2,1-2H3. The van der Waals surface area contributed by atoms with Gasteiger partial charge in [0.1, 0.15) is 0 Å². The largest absolute Gasteiger partial charge is 0.287 e. The minimum absolute atomic E-state index is 0.580. The quantitative estimate of drug-likeness (QED) is 0.733. The monoisotopic (exact) mass is 207 g/mol. The molecule has 0 aliphatic carbocycles. The van der Waals surface area contributed by atoms with Crippen LogP contribution in [0, 0.1) is 0 Å². The van der Waals surface area contributed by atoms with Crippen molar-refractivity contribution >= 4 is 11.8 Å². The SMILES string of the molecule is CCN1CC(C)SC1c1ccccc1. The molecule has 1 nitrogen and oxygen atoms in total. The topological polar surface area (TPSA) is 3.24 Å². The molecule has 1 aromatic carbocycles. The normalized spacial score (nSPS) is 28.1. The highest BCUT2D eigenvalue weighted by molar-refractivity contribution is 8.00. The summed E-state index contributed by atoms with van der Waals surface area (Å²) in [6.45, 7) is 6.93. The van der Waals surface area contributed by atoms with Crippen molar-refractivity contribution in [1.29, 1.82) is 0 Å². The molecule has 1 aliphatic rings. The highest BCUT2D eigenvalue weighted by atomic mass is 32.2. The van der Waals surface area contributed by atoms with Crippen LogP contribution in [0.5, 0.6) is 0 Å². The Morgan fingerprint density at radius 2 is 2.07 bits per heavy atom. The molecule has 76 valence electrons. The first-order valence-electron chi connectivity index (χ1n) is 5.25. The second-order valence-corrected chi connectivity index (χ2v) is 5.32. The Bertz CT molecular complexity index is 286. The van der Waals surface area contributed by atoms with Gasteiger partial charge in [-0.05, 0) is 12.1 Å². The van der Waals surface area contributed by atoms with Gasteiger partial charge < -0.3 is 0 Å². The van der Waals surface area contributed by atoms with E-state index in [1.165, 1.54) is 12.1 Å². The lowest BCUT2D eigenvalue weighted by Crippen LogP contribution is -2.23. The summed E-state index contributed by atoms with van der Waals surface area (Å²) in [5.74, 6) is 0. The molecule has 14 heavy (non-hydrogen) atoms. The molecule has 0 aromatic heterocycles. The summed E-state index contributed by atoms with van der Waals surface area (Å²) >= 11 is 2.08. The summed E-state index contributed by atoms with van der Waals surface area (Å²) in [5, 5.41) is 1.34. The molecule has 0 spiro atoms. The van der Waals surface area contributed by atoms with Crippen LogP contribution in [-0.2, 0) is 0 Å². The Hall–Kier alpha value is -0.470. The van der Waals surface area contributed by atoms with Crippen LogP contribution in [0.25, 0.3) is 0 Å². The fourth-order valence-corrected chi connectivity index (χ4v) is 3.42. The second kappa shape index (κ2) is 4.37. The molecule has 1 saturated heterocycles. The lowest BCUT2D eigenvalue weighted by molar-refractivity contribution is 0.297. The second-order valence-electron chi connectivity index (χ2n) is 3.80. The fourth-order valence-electron chi connectivity index (χ4n) is 1.98. The van der Waals surface area contributed by atoms with Gasteiger partial charge in [-0.15, -0.1) is 11.8 Å². The van der Waals surface area contributed by atoms with Crippen molar-refractivity contribution in [2.45, 2.75) is 24.5 Å². The maximum atomic E-state index is 2.55. The molecule has 0 N–H and O–H groups in total. The lowest BCUT2D eigenvalue weighted by Gasteiger charge is -2.21. The van der Waals surface area contributed by atoms with E-state index < -0.39 is 0 Å². The van der Waals surface area contributed by atoms with Crippen LogP contribution in [0.1, 0.15) is 24.8 Å². The van der Waals surface area contributed by atoms with E-state index in [9.17, 15) is 0 Å². The van der Waals surface area contributed by atoms with E-state index in [1.54, 1.807) is 0 Å². The van der Waals surface area contributed by atoms with Crippen molar-refractivity contribution in [3.8, 4) is 0 Å². The van der Waals surface area contributed by atoms with Gasteiger partial charge in [0.15, 0.2) is 0 Å². The molecule has 0 bridgehead atoms. The first-order valence-corrected chi connectivity index (χ1v) is 6.20. The molecular weight excluding hydrogens is 190 g/mol. The zero-order chi connectivity index (χ0) is 9.97. The minimum atomic E-state index is 0.580. The van der Waals surface area contributed by atoms with Gasteiger partial charge in [0, 0.05) is 11.8 Å². The maximum Gasteiger partial charge on any atom is 0.0817 e. The van der Waals surface area contributed by atoms with E-state index >= 15 is 0 Å². The summed E-state index contributed by atoms with van der Waals surface area (Å²) < 4.78 is 0. The zero-order valence-corrected chi connectivity index (χ0v) is 9.63. The predicted octanol–water partition coefficient (Wildman–Crippen LogP) is 3.14. The van der Waals surface area contributed by atoms with Gasteiger partial charge >= 0.3 is 0 Å². The highest BCUT2D eigenvalue weighted by Gasteiger charge is 2.29. The van der Waals surface area contributed by atoms with Crippen molar-refractivity contribution in [3.05, 3.63) is 35.9 Å². The average molecular weight is 207 g/mol. The van der Waals surface area contributed by atoms with Crippen LogP contribution in [0.4, 0.5) is 0 Å². The van der Waals surface area contributed by atoms with E-state index in [0.717, 1.165) is 11.8 Å². The molecule has 1 fully saturated rings. The summed E-state index contributed by atoms with van der Waals surface area (Å²) in [6, 6.07) is 10.8.